The van der Waals surface area contributed by atoms with Crippen molar-refractivity contribution in [3.8, 4) is 0 Å². The lowest BCUT2D eigenvalue weighted by Crippen LogP contribution is -2.24. The number of nitrogens with zero attached hydrogens (tertiary/aromatic N) is 2. The Bertz CT molecular complexity index is 847. The van der Waals surface area contributed by atoms with Crippen LogP contribution < -0.4 is 16.1 Å². The van der Waals surface area contributed by atoms with Crippen LogP contribution in [0.3, 0.4) is 0 Å². The highest BCUT2D eigenvalue weighted by molar-refractivity contribution is 8.14. The molecule has 27 heavy (non-hydrogen) atoms. The molecule has 140 valence electrons. The minimum Gasteiger partial charge on any atom is -0.335 e. The van der Waals surface area contributed by atoms with Gasteiger partial charge in [0.25, 0.3) is 0 Å². The third-order valence-corrected chi connectivity index (χ3v) is 4.97. The second kappa shape index (κ2) is 9.48. The summed E-state index contributed by atoms with van der Waals surface area (Å²) in [5, 5.41) is 11.9. The number of hydrazone groups is 1. The molecular formula is C19H20FN5S2. The van der Waals surface area contributed by atoms with Crippen LogP contribution in [0, 0.1) is 5.82 Å². The number of halogens is 1. The number of hydrogen-bond donors (Lipinski definition) is 3. The Labute approximate surface area is 167 Å². The highest BCUT2D eigenvalue weighted by Gasteiger charge is 2.06. The second-order valence-corrected chi connectivity index (χ2v) is 7.35. The van der Waals surface area contributed by atoms with Gasteiger partial charge in [0.2, 0.25) is 0 Å². The van der Waals surface area contributed by atoms with Gasteiger partial charge in [0.1, 0.15) is 5.82 Å². The average molecular weight is 402 g/mol. The van der Waals surface area contributed by atoms with E-state index < -0.39 is 0 Å². The minimum absolute atomic E-state index is 0.291. The number of anilines is 2. The van der Waals surface area contributed by atoms with E-state index in [4.69, 9.17) is 12.2 Å². The number of benzene rings is 2. The van der Waals surface area contributed by atoms with Crippen LogP contribution in [-0.2, 0) is 0 Å². The smallest absolute Gasteiger partial charge is 0.191 e. The molecule has 0 bridgehead atoms. The first-order valence-electron chi connectivity index (χ1n) is 8.52. The molecule has 0 aromatic heterocycles. The van der Waals surface area contributed by atoms with Gasteiger partial charge in [-0.2, -0.15) is 5.10 Å². The molecule has 5 nitrogen and oxygen atoms in total. The first-order chi connectivity index (χ1) is 13.1. The van der Waals surface area contributed by atoms with Crippen LogP contribution in [0.25, 0.3) is 0 Å². The Morgan fingerprint density at radius 3 is 2.48 bits per heavy atom. The van der Waals surface area contributed by atoms with E-state index in [-0.39, 0.29) is 5.82 Å². The molecule has 0 aliphatic carbocycles. The van der Waals surface area contributed by atoms with Crippen LogP contribution in [0.2, 0.25) is 0 Å². The van der Waals surface area contributed by atoms with Crippen molar-refractivity contribution in [3.05, 3.63) is 59.9 Å². The lowest BCUT2D eigenvalue weighted by atomic mass is 10.1. The highest BCUT2D eigenvalue weighted by Crippen LogP contribution is 2.17. The Balaban J connectivity index is 1.54. The Kier molecular flexibility index (Phi) is 6.78. The normalized spacial score (nSPS) is 14.3. The average Bonchev–Trinajstić information content (AvgIpc) is 2.69. The maximum atomic E-state index is 12.9. The van der Waals surface area contributed by atoms with Crippen molar-refractivity contribution in [2.75, 3.05) is 22.9 Å². The predicted molar refractivity (Wildman–Crippen MR) is 117 cm³/mol. The van der Waals surface area contributed by atoms with Crippen molar-refractivity contribution < 1.29 is 4.39 Å². The van der Waals surface area contributed by atoms with Crippen LogP contribution in [0.5, 0.6) is 0 Å². The zero-order chi connectivity index (χ0) is 19.1. The van der Waals surface area contributed by atoms with Gasteiger partial charge in [-0.3, -0.25) is 10.4 Å². The molecule has 3 rings (SSSR count). The molecule has 1 heterocycles. The second-order valence-electron chi connectivity index (χ2n) is 5.86. The van der Waals surface area contributed by atoms with Crippen molar-refractivity contribution in [2.45, 2.75) is 13.3 Å². The van der Waals surface area contributed by atoms with E-state index in [1.54, 1.807) is 23.9 Å². The van der Waals surface area contributed by atoms with E-state index in [0.717, 1.165) is 40.8 Å². The molecule has 2 aromatic rings. The number of thioether (sulfide) groups is 1. The molecule has 2 aromatic carbocycles. The summed E-state index contributed by atoms with van der Waals surface area (Å²) >= 11 is 6.94. The number of hydrogen-bond acceptors (Lipinski definition) is 5. The fraction of sp³-hybridized carbons (Fsp3) is 0.211. The van der Waals surface area contributed by atoms with Gasteiger partial charge in [-0.15, -0.1) is 0 Å². The lowest BCUT2D eigenvalue weighted by Gasteiger charge is -2.13. The maximum Gasteiger partial charge on any atom is 0.191 e. The van der Waals surface area contributed by atoms with E-state index >= 15 is 0 Å². The number of thiocarbonyl (C=S) groups is 1. The van der Waals surface area contributed by atoms with Crippen LogP contribution >= 0.6 is 24.0 Å². The molecule has 0 saturated heterocycles. The molecule has 0 spiro atoms. The van der Waals surface area contributed by atoms with Crippen LogP contribution in [0.4, 0.5) is 15.8 Å². The Hall–Kier alpha value is -2.45. The zero-order valence-electron chi connectivity index (χ0n) is 14.8. The lowest BCUT2D eigenvalue weighted by molar-refractivity contribution is 0.628. The van der Waals surface area contributed by atoms with Gasteiger partial charge in [0, 0.05) is 23.7 Å². The SMILES string of the molecule is C/C(=N/NC(=S)Nc1ccc(F)cc1)c1ccc(NC2=NCCCS2)cc1. The van der Waals surface area contributed by atoms with Crippen LogP contribution in [0.15, 0.2) is 58.6 Å². The molecule has 0 amide bonds. The number of rotatable bonds is 4. The van der Waals surface area contributed by atoms with Crippen molar-refractivity contribution in [2.24, 2.45) is 10.1 Å². The van der Waals surface area contributed by atoms with Gasteiger partial charge in [-0.1, -0.05) is 23.9 Å². The van der Waals surface area contributed by atoms with Crippen molar-refractivity contribution in [1.82, 2.24) is 5.43 Å². The Morgan fingerprint density at radius 1 is 1.11 bits per heavy atom. The highest BCUT2D eigenvalue weighted by atomic mass is 32.2. The summed E-state index contributed by atoms with van der Waals surface area (Å²) in [5.41, 5.74) is 6.28. The molecule has 0 radical (unpaired) electrons. The van der Waals surface area contributed by atoms with Crippen molar-refractivity contribution >= 4 is 51.3 Å². The monoisotopic (exact) mass is 401 g/mol. The van der Waals surface area contributed by atoms with Gasteiger partial charge in [0.05, 0.1) is 5.71 Å². The van der Waals surface area contributed by atoms with Gasteiger partial charge >= 0.3 is 0 Å². The summed E-state index contributed by atoms with van der Waals surface area (Å²) < 4.78 is 12.9. The fourth-order valence-corrected chi connectivity index (χ4v) is 3.35. The molecule has 3 N–H and O–H groups in total. The standard InChI is InChI=1S/C19H20FN5S2/c1-13(24-25-18(26)22-16-9-5-15(20)6-10-16)14-3-7-17(8-4-14)23-19-21-11-2-12-27-19/h3-10H,2,11-12H2,1H3,(H,21,23)(H2,22,25,26)/b24-13-. The number of nitrogens with one attached hydrogen (secondary N) is 3. The molecule has 8 heteroatoms. The summed E-state index contributed by atoms with van der Waals surface area (Å²) in [5.74, 6) is 0.813. The fourth-order valence-electron chi connectivity index (χ4n) is 2.34. The quantitative estimate of drug-likeness (QED) is 0.402. The van der Waals surface area contributed by atoms with Crippen molar-refractivity contribution in [3.63, 3.8) is 0 Å². The topological polar surface area (TPSA) is 60.8 Å². The van der Waals surface area contributed by atoms with Gasteiger partial charge in [0.15, 0.2) is 10.3 Å². The van der Waals surface area contributed by atoms with E-state index in [0.29, 0.717) is 10.8 Å². The first-order valence-corrected chi connectivity index (χ1v) is 9.91. The summed E-state index contributed by atoms with van der Waals surface area (Å²) in [4.78, 5) is 4.46. The van der Waals surface area contributed by atoms with Crippen LogP contribution in [0.1, 0.15) is 18.9 Å². The predicted octanol–water partition coefficient (Wildman–Crippen LogP) is 4.44. The van der Waals surface area contributed by atoms with E-state index in [1.165, 1.54) is 12.1 Å². The molecule has 1 aliphatic rings. The largest absolute Gasteiger partial charge is 0.335 e. The summed E-state index contributed by atoms with van der Waals surface area (Å²) in [6.07, 6.45) is 1.13. The summed E-state index contributed by atoms with van der Waals surface area (Å²) in [6.45, 7) is 2.79. The molecule has 1 aliphatic heterocycles. The van der Waals surface area contributed by atoms with Crippen LogP contribution in [-0.4, -0.2) is 28.3 Å². The summed E-state index contributed by atoms with van der Waals surface area (Å²) in [6, 6.07) is 13.9. The van der Waals surface area contributed by atoms with Crippen molar-refractivity contribution in [1.29, 1.82) is 0 Å². The summed E-state index contributed by atoms with van der Waals surface area (Å²) in [7, 11) is 0. The van der Waals surface area contributed by atoms with E-state index in [9.17, 15) is 4.39 Å². The number of aliphatic imine (C=N–C) groups is 1. The van der Waals surface area contributed by atoms with E-state index in [1.807, 2.05) is 31.2 Å². The first kappa shape index (κ1) is 19.3. The van der Waals surface area contributed by atoms with E-state index in [2.05, 4.69) is 26.2 Å². The minimum atomic E-state index is -0.291. The van der Waals surface area contributed by atoms with Gasteiger partial charge < -0.3 is 10.6 Å². The molecular weight excluding hydrogens is 381 g/mol. The number of amidine groups is 1. The molecule has 0 atom stereocenters. The zero-order valence-corrected chi connectivity index (χ0v) is 16.5. The molecule has 0 fully saturated rings. The molecule has 0 saturated carbocycles. The third kappa shape index (κ3) is 6.04. The molecule has 0 unspecified atom stereocenters. The Morgan fingerprint density at radius 2 is 1.81 bits per heavy atom. The third-order valence-electron chi connectivity index (χ3n) is 3.78. The van der Waals surface area contributed by atoms with Gasteiger partial charge in [-0.05, 0) is 67.5 Å². The van der Waals surface area contributed by atoms with Gasteiger partial charge in [-0.25, -0.2) is 4.39 Å². The maximum absolute atomic E-state index is 12.9.